The minimum absolute atomic E-state index is 0.0278. The molecule has 0 fully saturated rings. The van der Waals surface area contributed by atoms with Gasteiger partial charge in [0.25, 0.3) is 5.91 Å². The Morgan fingerprint density at radius 3 is 2.41 bits per heavy atom. The highest BCUT2D eigenvalue weighted by molar-refractivity contribution is 6.06. The monoisotopic (exact) mass is 368 g/mol. The molecule has 2 aromatic rings. The van der Waals surface area contributed by atoms with Crippen molar-refractivity contribution in [1.29, 1.82) is 0 Å². The van der Waals surface area contributed by atoms with Gasteiger partial charge in [0, 0.05) is 23.2 Å². The normalized spacial score (nSPS) is 15.5. The number of benzene rings is 2. The number of Topliss-reactive ketones (excluding diaryl/α,β-unsaturated/α-hetero) is 1. The van der Waals surface area contributed by atoms with Crippen molar-refractivity contribution in [3.8, 4) is 11.5 Å². The van der Waals surface area contributed by atoms with Crippen molar-refractivity contribution >= 4 is 23.1 Å². The fourth-order valence-corrected chi connectivity index (χ4v) is 2.72. The summed E-state index contributed by atoms with van der Waals surface area (Å²) in [5.74, 6) is 0.866. The van der Waals surface area contributed by atoms with Gasteiger partial charge in [-0.2, -0.15) is 0 Å². The molecule has 0 aliphatic carbocycles. The van der Waals surface area contributed by atoms with Crippen LogP contribution < -0.4 is 14.8 Å². The van der Waals surface area contributed by atoms with Crippen molar-refractivity contribution in [2.24, 2.45) is 5.16 Å². The maximum Gasteiger partial charge on any atom is 0.268 e. The molecule has 1 heterocycles. The van der Waals surface area contributed by atoms with E-state index in [1.54, 1.807) is 50.6 Å². The van der Waals surface area contributed by atoms with Crippen molar-refractivity contribution in [2.75, 3.05) is 19.5 Å². The van der Waals surface area contributed by atoms with Gasteiger partial charge >= 0.3 is 0 Å². The van der Waals surface area contributed by atoms with E-state index < -0.39 is 6.10 Å². The Labute approximate surface area is 156 Å². The predicted octanol–water partition coefficient (Wildman–Crippen LogP) is 3.04. The van der Waals surface area contributed by atoms with Gasteiger partial charge in [0.1, 0.15) is 0 Å². The first-order valence-corrected chi connectivity index (χ1v) is 8.38. The van der Waals surface area contributed by atoms with Crippen molar-refractivity contribution in [3.63, 3.8) is 0 Å². The molecule has 3 rings (SSSR count). The van der Waals surface area contributed by atoms with Crippen molar-refractivity contribution in [3.05, 3.63) is 53.6 Å². The van der Waals surface area contributed by atoms with E-state index in [9.17, 15) is 9.59 Å². The molecular weight excluding hydrogens is 348 g/mol. The first-order chi connectivity index (χ1) is 13.0. The van der Waals surface area contributed by atoms with Gasteiger partial charge < -0.3 is 19.6 Å². The fourth-order valence-electron chi connectivity index (χ4n) is 2.72. The molecule has 0 saturated carbocycles. The molecule has 7 heteroatoms. The van der Waals surface area contributed by atoms with E-state index in [1.165, 1.54) is 6.92 Å². The van der Waals surface area contributed by atoms with Crippen LogP contribution in [0.15, 0.2) is 47.6 Å². The number of ketones is 1. The largest absolute Gasteiger partial charge is 0.493 e. The molecule has 140 valence electrons. The van der Waals surface area contributed by atoms with E-state index in [4.69, 9.17) is 14.3 Å². The maximum absolute atomic E-state index is 12.4. The lowest BCUT2D eigenvalue weighted by atomic mass is 10.0. The molecule has 2 aromatic carbocycles. The van der Waals surface area contributed by atoms with E-state index in [0.717, 1.165) is 5.56 Å². The zero-order chi connectivity index (χ0) is 19.4. The second-order valence-electron chi connectivity index (χ2n) is 6.03. The van der Waals surface area contributed by atoms with Crippen molar-refractivity contribution in [2.45, 2.75) is 19.4 Å². The standard InChI is InChI=1S/C20H20N2O5/c1-12(23)13-4-7-15(8-5-13)21-20(24)19-11-16(22-27-19)14-6-9-17(25-2)18(10-14)26-3/h4-10,19H,11H2,1-3H3,(H,21,24)/t19-/m0/s1. The van der Waals surface area contributed by atoms with Crippen LogP contribution >= 0.6 is 0 Å². The zero-order valence-corrected chi connectivity index (χ0v) is 15.3. The highest BCUT2D eigenvalue weighted by atomic mass is 16.6. The van der Waals surface area contributed by atoms with Crippen molar-refractivity contribution < 1.29 is 23.9 Å². The summed E-state index contributed by atoms with van der Waals surface area (Å²) in [6.07, 6.45) is -0.382. The lowest BCUT2D eigenvalue weighted by molar-refractivity contribution is -0.125. The molecule has 27 heavy (non-hydrogen) atoms. The molecular formula is C20H20N2O5. The molecule has 1 aliphatic heterocycles. The third kappa shape index (κ3) is 4.08. The van der Waals surface area contributed by atoms with Crippen LogP contribution in [0.25, 0.3) is 0 Å². The van der Waals surface area contributed by atoms with E-state index in [0.29, 0.717) is 34.9 Å². The van der Waals surface area contributed by atoms with Gasteiger partial charge in [-0.05, 0) is 49.4 Å². The Kier molecular flexibility index (Phi) is 5.40. The number of oxime groups is 1. The van der Waals surface area contributed by atoms with Gasteiger partial charge in [-0.15, -0.1) is 0 Å². The van der Waals surface area contributed by atoms with Gasteiger partial charge in [0.15, 0.2) is 17.3 Å². The van der Waals surface area contributed by atoms with Crippen molar-refractivity contribution in [1.82, 2.24) is 0 Å². The second-order valence-corrected chi connectivity index (χ2v) is 6.03. The number of ether oxygens (including phenoxy) is 2. The van der Waals surface area contributed by atoms with Crippen LogP contribution in [0.1, 0.15) is 29.3 Å². The molecule has 1 aliphatic rings. The number of nitrogens with one attached hydrogen (secondary N) is 1. The van der Waals surface area contributed by atoms with Gasteiger partial charge in [0.05, 0.1) is 19.9 Å². The summed E-state index contributed by atoms with van der Waals surface area (Å²) >= 11 is 0. The number of anilines is 1. The first-order valence-electron chi connectivity index (χ1n) is 8.38. The Morgan fingerprint density at radius 1 is 1.07 bits per heavy atom. The Balaban J connectivity index is 1.64. The molecule has 0 bridgehead atoms. The predicted molar refractivity (Wildman–Crippen MR) is 101 cm³/mol. The first kappa shape index (κ1) is 18.4. The average Bonchev–Trinajstić information content (AvgIpc) is 3.18. The van der Waals surface area contributed by atoms with E-state index >= 15 is 0 Å². The lowest BCUT2D eigenvalue weighted by Crippen LogP contribution is -2.28. The van der Waals surface area contributed by atoms with Gasteiger partial charge in [-0.1, -0.05) is 5.16 Å². The van der Waals surface area contributed by atoms with E-state index in [2.05, 4.69) is 10.5 Å². The summed E-state index contributed by atoms with van der Waals surface area (Å²) in [6.45, 7) is 1.49. The number of hydrogen-bond acceptors (Lipinski definition) is 6. The van der Waals surface area contributed by atoms with Gasteiger partial charge in [-0.25, -0.2) is 0 Å². The molecule has 0 spiro atoms. The summed E-state index contributed by atoms with van der Waals surface area (Å²) in [5.41, 5.74) is 2.63. The topological polar surface area (TPSA) is 86.2 Å². The smallest absolute Gasteiger partial charge is 0.268 e. The number of hydrogen-bond donors (Lipinski definition) is 1. The SMILES string of the molecule is COc1ccc(C2=NO[C@H](C(=O)Nc3ccc(C(C)=O)cc3)C2)cc1OC. The van der Waals surface area contributed by atoms with Crippen LogP contribution in [0.5, 0.6) is 11.5 Å². The quantitative estimate of drug-likeness (QED) is 0.792. The minimum Gasteiger partial charge on any atom is -0.493 e. The van der Waals surface area contributed by atoms with Crippen LogP contribution in [0, 0.1) is 0 Å². The molecule has 0 radical (unpaired) electrons. The summed E-state index contributed by atoms with van der Waals surface area (Å²) in [6, 6.07) is 12.1. The summed E-state index contributed by atoms with van der Waals surface area (Å²) in [7, 11) is 3.12. The Hall–Kier alpha value is -3.35. The zero-order valence-electron chi connectivity index (χ0n) is 15.3. The van der Waals surface area contributed by atoms with Crippen LogP contribution in [0.3, 0.4) is 0 Å². The third-order valence-electron chi connectivity index (χ3n) is 4.24. The number of methoxy groups -OCH3 is 2. The molecule has 0 unspecified atom stereocenters. The Morgan fingerprint density at radius 2 is 1.78 bits per heavy atom. The highest BCUT2D eigenvalue weighted by Crippen LogP contribution is 2.29. The molecule has 0 aromatic heterocycles. The number of carbonyl (C=O) groups is 2. The van der Waals surface area contributed by atoms with Crippen LogP contribution in [0.2, 0.25) is 0 Å². The molecule has 1 atom stereocenters. The van der Waals surface area contributed by atoms with E-state index in [-0.39, 0.29) is 11.7 Å². The molecule has 1 N–H and O–H groups in total. The second kappa shape index (κ2) is 7.90. The lowest BCUT2D eigenvalue weighted by Gasteiger charge is -2.10. The summed E-state index contributed by atoms with van der Waals surface area (Å²) < 4.78 is 10.5. The Bertz CT molecular complexity index is 890. The summed E-state index contributed by atoms with van der Waals surface area (Å²) in [4.78, 5) is 29.0. The third-order valence-corrected chi connectivity index (χ3v) is 4.24. The number of nitrogens with zero attached hydrogens (tertiary/aromatic N) is 1. The van der Waals surface area contributed by atoms with Gasteiger partial charge in [0.2, 0.25) is 6.10 Å². The van der Waals surface area contributed by atoms with Crippen LogP contribution in [-0.2, 0) is 9.63 Å². The highest BCUT2D eigenvalue weighted by Gasteiger charge is 2.29. The summed E-state index contributed by atoms with van der Waals surface area (Å²) in [5, 5.41) is 6.80. The molecule has 1 amide bonds. The fraction of sp³-hybridized carbons (Fsp3) is 0.250. The van der Waals surface area contributed by atoms with Crippen LogP contribution in [0.4, 0.5) is 5.69 Å². The number of rotatable bonds is 6. The number of carbonyl (C=O) groups excluding carboxylic acids is 2. The number of amides is 1. The minimum atomic E-state index is -0.722. The molecule has 7 nitrogen and oxygen atoms in total. The molecule has 0 saturated heterocycles. The van der Waals surface area contributed by atoms with Crippen LogP contribution in [-0.4, -0.2) is 37.7 Å². The maximum atomic E-state index is 12.4. The van der Waals surface area contributed by atoms with E-state index in [1.807, 2.05) is 6.07 Å². The van der Waals surface area contributed by atoms with Gasteiger partial charge in [-0.3, -0.25) is 9.59 Å². The average molecular weight is 368 g/mol.